The summed E-state index contributed by atoms with van der Waals surface area (Å²) < 4.78 is 0. The lowest BCUT2D eigenvalue weighted by atomic mass is 9.92. The van der Waals surface area contributed by atoms with Crippen molar-refractivity contribution in [3.63, 3.8) is 0 Å². The van der Waals surface area contributed by atoms with Crippen LogP contribution in [-0.2, 0) is 0 Å². The molecule has 90 valence electrons. The topological polar surface area (TPSA) is 15.3 Å². The molecule has 1 rings (SSSR count). The first-order valence-electron chi connectivity index (χ1n) is 6.53. The Hall–Kier alpha value is -0.0800. The lowest BCUT2D eigenvalue weighted by Crippen LogP contribution is -2.36. The molecule has 2 nitrogen and oxygen atoms in total. The first kappa shape index (κ1) is 13.0. The molecule has 1 unspecified atom stereocenters. The molecule has 1 aliphatic carbocycles. The van der Waals surface area contributed by atoms with Gasteiger partial charge < -0.3 is 10.2 Å². The zero-order valence-electron chi connectivity index (χ0n) is 11.0. The van der Waals surface area contributed by atoms with Gasteiger partial charge in [-0.3, -0.25) is 0 Å². The van der Waals surface area contributed by atoms with E-state index in [1.54, 1.807) is 0 Å². The Morgan fingerprint density at radius 1 is 1.27 bits per heavy atom. The second-order valence-corrected chi connectivity index (χ2v) is 5.58. The van der Waals surface area contributed by atoms with Crippen LogP contribution in [-0.4, -0.2) is 37.1 Å². The highest BCUT2D eigenvalue weighted by molar-refractivity contribution is 4.86. The minimum absolute atomic E-state index is 0.576. The summed E-state index contributed by atoms with van der Waals surface area (Å²) >= 11 is 0. The van der Waals surface area contributed by atoms with Crippen LogP contribution < -0.4 is 5.32 Å². The van der Waals surface area contributed by atoms with Crippen LogP contribution in [0.3, 0.4) is 0 Å². The van der Waals surface area contributed by atoms with Gasteiger partial charge in [0.25, 0.3) is 0 Å². The van der Waals surface area contributed by atoms with Gasteiger partial charge in [0.15, 0.2) is 0 Å². The summed E-state index contributed by atoms with van der Waals surface area (Å²) in [6.45, 7) is 14.0. The number of rotatable bonds is 6. The zero-order valence-corrected chi connectivity index (χ0v) is 11.0. The van der Waals surface area contributed by atoms with Crippen molar-refractivity contribution < 1.29 is 0 Å². The predicted molar refractivity (Wildman–Crippen MR) is 67.2 cm³/mol. The standard InChI is InChI=1S/C13H28N2/c1-5-15(6-2)10-9-14-12-7-8-13(3,4)11-12/h12,14H,5-11H2,1-4H3. The van der Waals surface area contributed by atoms with Crippen LogP contribution in [0.4, 0.5) is 0 Å². The molecule has 0 aromatic carbocycles. The van der Waals surface area contributed by atoms with Crippen molar-refractivity contribution in [3.8, 4) is 0 Å². The summed E-state index contributed by atoms with van der Waals surface area (Å²) in [5.74, 6) is 0. The van der Waals surface area contributed by atoms with E-state index < -0.39 is 0 Å². The molecule has 0 radical (unpaired) electrons. The van der Waals surface area contributed by atoms with Gasteiger partial charge in [0, 0.05) is 19.1 Å². The third-order valence-corrected chi connectivity index (χ3v) is 3.72. The predicted octanol–water partition coefficient (Wildman–Crippen LogP) is 2.50. The van der Waals surface area contributed by atoms with Crippen molar-refractivity contribution >= 4 is 0 Å². The molecule has 1 saturated carbocycles. The van der Waals surface area contributed by atoms with Gasteiger partial charge in [-0.15, -0.1) is 0 Å². The van der Waals surface area contributed by atoms with E-state index in [2.05, 4.69) is 37.9 Å². The summed E-state index contributed by atoms with van der Waals surface area (Å²) in [4.78, 5) is 2.48. The Bertz CT molecular complexity index is 173. The lowest BCUT2D eigenvalue weighted by Gasteiger charge is -2.21. The molecule has 1 fully saturated rings. The van der Waals surface area contributed by atoms with Crippen molar-refractivity contribution in [1.29, 1.82) is 0 Å². The average molecular weight is 212 g/mol. The molecule has 1 atom stereocenters. The third kappa shape index (κ3) is 4.52. The molecular weight excluding hydrogens is 184 g/mol. The molecule has 1 N–H and O–H groups in total. The summed E-state index contributed by atoms with van der Waals surface area (Å²) in [7, 11) is 0. The second-order valence-electron chi connectivity index (χ2n) is 5.58. The Morgan fingerprint density at radius 3 is 2.40 bits per heavy atom. The summed E-state index contributed by atoms with van der Waals surface area (Å²) in [5, 5.41) is 3.69. The van der Waals surface area contributed by atoms with E-state index in [1.165, 1.54) is 38.9 Å². The van der Waals surface area contributed by atoms with Gasteiger partial charge >= 0.3 is 0 Å². The van der Waals surface area contributed by atoms with E-state index in [0.717, 1.165) is 12.6 Å². The van der Waals surface area contributed by atoms with Crippen molar-refractivity contribution in [2.45, 2.75) is 53.0 Å². The summed E-state index contributed by atoms with van der Waals surface area (Å²) in [6.07, 6.45) is 4.10. The summed E-state index contributed by atoms with van der Waals surface area (Å²) in [5.41, 5.74) is 0.576. The highest BCUT2D eigenvalue weighted by atomic mass is 15.1. The molecule has 0 aliphatic heterocycles. The van der Waals surface area contributed by atoms with Gasteiger partial charge in [-0.2, -0.15) is 0 Å². The molecule has 0 saturated heterocycles. The van der Waals surface area contributed by atoms with Gasteiger partial charge in [-0.1, -0.05) is 27.7 Å². The van der Waals surface area contributed by atoms with Crippen molar-refractivity contribution in [3.05, 3.63) is 0 Å². The highest BCUT2D eigenvalue weighted by Crippen LogP contribution is 2.36. The quantitative estimate of drug-likeness (QED) is 0.728. The molecule has 0 heterocycles. The maximum atomic E-state index is 3.69. The molecular formula is C13H28N2. The van der Waals surface area contributed by atoms with Crippen LogP contribution in [0, 0.1) is 5.41 Å². The van der Waals surface area contributed by atoms with Crippen LogP contribution in [0.2, 0.25) is 0 Å². The van der Waals surface area contributed by atoms with Crippen LogP contribution in [0.25, 0.3) is 0 Å². The molecule has 1 aliphatic rings. The highest BCUT2D eigenvalue weighted by Gasteiger charge is 2.30. The fraction of sp³-hybridized carbons (Fsp3) is 1.00. The Labute approximate surface area is 95.4 Å². The minimum Gasteiger partial charge on any atom is -0.313 e. The van der Waals surface area contributed by atoms with E-state index in [9.17, 15) is 0 Å². The number of likely N-dealkylation sites (N-methyl/N-ethyl adjacent to an activating group) is 1. The number of nitrogens with zero attached hydrogens (tertiary/aromatic N) is 1. The van der Waals surface area contributed by atoms with Crippen LogP contribution >= 0.6 is 0 Å². The Kier molecular flexibility index (Phi) is 5.07. The van der Waals surface area contributed by atoms with Crippen LogP contribution in [0.5, 0.6) is 0 Å². The van der Waals surface area contributed by atoms with Gasteiger partial charge in [0.05, 0.1) is 0 Å². The maximum absolute atomic E-state index is 3.69. The SMILES string of the molecule is CCN(CC)CCNC1CCC(C)(C)C1. The molecule has 0 amide bonds. The van der Waals surface area contributed by atoms with Gasteiger partial charge in [-0.25, -0.2) is 0 Å². The fourth-order valence-electron chi connectivity index (χ4n) is 2.58. The fourth-order valence-corrected chi connectivity index (χ4v) is 2.58. The third-order valence-electron chi connectivity index (χ3n) is 3.72. The van der Waals surface area contributed by atoms with E-state index in [1.807, 2.05) is 0 Å². The van der Waals surface area contributed by atoms with E-state index in [4.69, 9.17) is 0 Å². The minimum atomic E-state index is 0.576. The van der Waals surface area contributed by atoms with Gasteiger partial charge in [-0.05, 0) is 37.8 Å². The second kappa shape index (κ2) is 5.86. The van der Waals surface area contributed by atoms with Crippen molar-refractivity contribution in [2.75, 3.05) is 26.2 Å². The average Bonchev–Trinajstić information content (AvgIpc) is 2.53. The van der Waals surface area contributed by atoms with Gasteiger partial charge in [0.1, 0.15) is 0 Å². The van der Waals surface area contributed by atoms with Crippen LogP contribution in [0.1, 0.15) is 47.0 Å². The molecule has 0 aromatic heterocycles. The van der Waals surface area contributed by atoms with E-state index in [0.29, 0.717) is 5.41 Å². The Morgan fingerprint density at radius 2 is 1.93 bits per heavy atom. The smallest absolute Gasteiger partial charge is 0.0107 e. The molecule has 2 heteroatoms. The number of hydrogen-bond acceptors (Lipinski definition) is 2. The maximum Gasteiger partial charge on any atom is 0.0107 e. The largest absolute Gasteiger partial charge is 0.313 e. The van der Waals surface area contributed by atoms with Crippen LogP contribution in [0.15, 0.2) is 0 Å². The normalized spacial score (nSPS) is 25.0. The van der Waals surface area contributed by atoms with E-state index >= 15 is 0 Å². The zero-order chi connectivity index (χ0) is 11.3. The number of nitrogens with one attached hydrogen (secondary N) is 1. The molecule has 0 spiro atoms. The van der Waals surface area contributed by atoms with Gasteiger partial charge in [0.2, 0.25) is 0 Å². The first-order chi connectivity index (χ1) is 7.07. The summed E-state index contributed by atoms with van der Waals surface area (Å²) in [6, 6.07) is 0.774. The lowest BCUT2D eigenvalue weighted by molar-refractivity contribution is 0.292. The Balaban J connectivity index is 2.11. The molecule has 15 heavy (non-hydrogen) atoms. The van der Waals surface area contributed by atoms with Crippen molar-refractivity contribution in [1.82, 2.24) is 10.2 Å². The molecule has 0 aromatic rings. The first-order valence-corrected chi connectivity index (χ1v) is 6.53. The van der Waals surface area contributed by atoms with Crippen molar-refractivity contribution in [2.24, 2.45) is 5.41 Å². The molecule has 0 bridgehead atoms. The number of hydrogen-bond donors (Lipinski definition) is 1. The van der Waals surface area contributed by atoms with E-state index in [-0.39, 0.29) is 0 Å². The monoisotopic (exact) mass is 212 g/mol.